The number of rotatable bonds is 7. The third-order valence-corrected chi connectivity index (χ3v) is 5.34. The van der Waals surface area contributed by atoms with Crippen molar-refractivity contribution < 1.29 is 17.9 Å². The quantitative estimate of drug-likeness (QED) is 0.460. The Morgan fingerprint density at radius 3 is 1.70 bits per heavy atom. The molecule has 4 aromatic rings. The fourth-order valence-corrected chi connectivity index (χ4v) is 3.57. The number of ether oxygens (including phenoxy) is 2. The van der Waals surface area contributed by atoms with Crippen molar-refractivity contribution in [2.75, 3.05) is 4.72 Å². The largest absolute Gasteiger partial charge is 0.457 e. The monoisotopic (exact) mass is 419 g/mol. The highest BCUT2D eigenvalue weighted by molar-refractivity contribution is 7.92. The zero-order chi connectivity index (χ0) is 20.8. The molecule has 0 unspecified atom stereocenters. The zero-order valence-corrected chi connectivity index (χ0v) is 16.5. The number of anilines is 1. The molecule has 0 amide bonds. The summed E-state index contributed by atoms with van der Waals surface area (Å²) in [5.74, 6) is 1.79. The molecule has 1 aromatic heterocycles. The first kappa shape index (κ1) is 19.4. The molecule has 30 heavy (non-hydrogen) atoms. The molecule has 0 fully saturated rings. The van der Waals surface area contributed by atoms with Crippen molar-refractivity contribution in [1.82, 2.24) is 9.97 Å². The van der Waals surface area contributed by atoms with Gasteiger partial charge in [0.25, 0.3) is 10.0 Å². The third-order valence-electron chi connectivity index (χ3n) is 3.95. The molecule has 0 saturated heterocycles. The summed E-state index contributed by atoms with van der Waals surface area (Å²) in [5.41, 5.74) is 0.222. The molecule has 1 N–H and O–H groups in total. The predicted octanol–water partition coefficient (Wildman–Crippen LogP) is 4.86. The molecule has 0 atom stereocenters. The van der Waals surface area contributed by atoms with E-state index in [1.807, 2.05) is 48.5 Å². The molecule has 7 nitrogen and oxygen atoms in total. The van der Waals surface area contributed by atoms with Gasteiger partial charge < -0.3 is 9.47 Å². The van der Waals surface area contributed by atoms with Gasteiger partial charge in [0.2, 0.25) is 0 Å². The smallest absolute Gasteiger partial charge is 0.322 e. The van der Waals surface area contributed by atoms with Gasteiger partial charge in [0.15, 0.2) is 0 Å². The molecule has 0 aliphatic rings. The maximum atomic E-state index is 12.6. The minimum absolute atomic E-state index is 0.0903. The minimum Gasteiger partial charge on any atom is -0.457 e. The van der Waals surface area contributed by atoms with Crippen LogP contribution in [-0.2, 0) is 10.0 Å². The highest BCUT2D eigenvalue weighted by Gasteiger charge is 2.15. The van der Waals surface area contributed by atoms with Crippen LogP contribution in [0.2, 0.25) is 0 Å². The first-order valence-electron chi connectivity index (χ1n) is 8.99. The van der Waals surface area contributed by atoms with E-state index < -0.39 is 10.0 Å². The topological polar surface area (TPSA) is 90.4 Å². The molecule has 4 rings (SSSR count). The Morgan fingerprint density at radius 1 is 0.633 bits per heavy atom. The fourth-order valence-electron chi connectivity index (χ4n) is 2.54. The number of nitrogens with one attached hydrogen (secondary N) is 1. The maximum Gasteiger partial charge on any atom is 0.322 e. The van der Waals surface area contributed by atoms with Crippen LogP contribution in [0.25, 0.3) is 0 Å². The van der Waals surface area contributed by atoms with Crippen LogP contribution in [0.15, 0.2) is 102 Å². The lowest BCUT2D eigenvalue weighted by molar-refractivity contribution is 0.442. The van der Waals surface area contributed by atoms with Crippen LogP contribution in [0.4, 0.5) is 5.69 Å². The Kier molecular flexibility index (Phi) is 5.58. The van der Waals surface area contributed by atoms with E-state index in [4.69, 9.17) is 9.47 Å². The van der Waals surface area contributed by atoms with Gasteiger partial charge in [-0.1, -0.05) is 36.4 Å². The number of hydrogen-bond donors (Lipinski definition) is 1. The van der Waals surface area contributed by atoms with Crippen molar-refractivity contribution in [2.24, 2.45) is 0 Å². The first-order chi connectivity index (χ1) is 14.6. The van der Waals surface area contributed by atoms with Gasteiger partial charge >= 0.3 is 6.01 Å². The van der Waals surface area contributed by atoms with E-state index in [1.54, 1.807) is 24.3 Å². The average Bonchev–Trinajstić information content (AvgIpc) is 2.77. The molecule has 150 valence electrons. The molecule has 0 aliphatic carbocycles. The van der Waals surface area contributed by atoms with Crippen molar-refractivity contribution in [1.29, 1.82) is 0 Å². The summed E-state index contributed by atoms with van der Waals surface area (Å²) in [5, 5.41) is 0. The van der Waals surface area contributed by atoms with Crippen LogP contribution in [0.1, 0.15) is 0 Å². The van der Waals surface area contributed by atoms with Crippen LogP contribution in [0.3, 0.4) is 0 Å². The summed E-state index contributed by atoms with van der Waals surface area (Å²) in [7, 11) is -3.80. The number of para-hydroxylation sites is 2. The Hall–Kier alpha value is -3.91. The highest BCUT2D eigenvalue weighted by atomic mass is 32.2. The summed E-state index contributed by atoms with van der Waals surface area (Å²) in [4.78, 5) is 8.16. The van der Waals surface area contributed by atoms with E-state index >= 15 is 0 Å². The van der Waals surface area contributed by atoms with E-state index in [-0.39, 0.29) is 16.6 Å². The van der Waals surface area contributed by atoms with Crippen LogP contribution in [0.5, 0.6) is 23.3 Å². The summed E-state index contributed by atoms with van der Waals surface area (Å²) in [6.07, 6.45) is 2.69. The lowest BCUT2D eigenvalue weighted by Crippen LogP contribution is -2.13. The molecular formula is C22H17N3O4S. The van der Waals surface area contributed by atoms with Gasteiger partial charge in [0.05, 0.1) is 23.0 Å². The number of benzene rings is 3. The summed E-state index contributed by atoms with van der Waals surface area (Å²) >= 11 is 0. The SMILES string of the molecule is O=S(=O)(Nc1cnc(Oc2ccccc2)nc1)c1ccc(Oc2ccccc2)cc1. The molecular weight excluding hydrogens is 402 g/mol. The van der Waals surface area contributed by atoms with E-state index in [9.17, 15) is 8.42 Å². The number of sulfonamides is 1. The lowest BCUT2D eigenvalue weighted by atomic mass is 10.3. The van der Waals surface area contributed by atoms with E-state index in [2.05, 4.69) is 14.7 Å². The second kappa shape index (κ2) is 8.62. The van der Waals surface area contributed by atoms with Crippen LogP contribution >= 0.6 is 0 Å². The second-order valence-electron chi connectivity index (χ2n) is 6.16. The number of hydrogen-bond acceptors (Lipinski definition) is 6. The van der Waals surface area contributed by atoms with Gasteiger partial charge in [-0.15, -0.1) is 0 Å². The van der Waals surface area contributed by atoms with Gasteiger partial charge in [-0.2, -0.15) is 0 Å². The fraction of sp³-hybridized carbons (Fsp3) is 0. The molecule has 0 saturated carbocycles. The van der Waals surface area contributed by atoms with E-state index in [1.165, 1.54) is 24.5 Å². The molecule has 3 aromatic carbocycles. The maximum absolute atomic E-state index is 12.6. The normalized spacial score (nSPS) is 10.9. The second-order valence-corrected chi connectivity index (χ2v) is 7.84. The predicted molar refractivity (Wildman–Crippen MR) is 112 cm³/mol. The van der Waals surface area contributed by atoms with Crippen LogP contribution < -0.4 is 14.2 Å². The molecule has 0 spiro atoms. The molecule has 1 heterocycles. The number of aromatic nitrogens is 2. The van der Waals surface area contributed by atoms with Crippen LogP contribution in [0, 0.1) is 0 Å². The highest BCUT2D eigenvalue weighted by Crippen LogP contribution is 2.24. The average molecular weight is 419 g/mol. The number of nitrogens with zero attached hydrogens (tertiary/aromatic N) is 2. The molecule has 0 aliphatic heterocycles. The Labute approximate surface area is 174 Å². The summed E-state index contributed by atoms with van der Waals surface area (Å²) in [6, 6.07) is 24.5. The van der Waals surface area contributed by atoms with Crippen molar-refractivity contribution in [3.63, 3.8) is 0 Å². The molecule has 8 heteroatoms. The van der Waals surface area contributed by atoms with Gasteiger partial charge in [-0.05, 0) is 48.5 Å². The van der Waals surface area contributed by atoms with E-state index in [0.29, 0.717) is 17.2 Å². The standard InChI is InChI=1S/C22H17N3O4S/c26-30(27,21-13-11-20(12-14-21)28-18-7-3-1-4-8-18)25-17-15-23-22(24-16-17)29-19-9-5-2-6-10-19/h1-16,25H. The Bertz CT molecular complexity index is 1200. The van der Waals surface area contributed by atoms with Gasteiger partial charge in [0.1, 0.15) is 17.2 Å². The van der Waals surface area contributed by atoms with Crippen molar-refractivity contribution >= 4 is 15.7 Å². The van der Waals surface area contributed by atoms with Crippen molar-refractivity contribution in [3.05, 3.63) is 97.3 Å². The molecule has 0 radical (unpaired) electrons. The van der Waals surface area contributed by atoms with Gasteiger partial charge in [-0.25, -0.2) is 18.4 Å². The van der Waals surface area contributed by atoms with Crippen LogP contribution in [-0.4, -0.2) is 18.4 Å². The van der Waals surface area contributed by atoms with Crippen molar-refractivity contribution in [2.45, 2.75) is 4.90 Å². The summed E-state index contributed by atoms with van der Waals surface area (Å²) in [6.45, 7) is 0. The van der Waals surface area contributed by atoms with E-state index in [0.717, 1.165) is 0 Å². The van der Waals surface area contributed by atoms with Gasteiger partial charge in [0, 0.05) is 0 Å². The van der Waals surface area contributed by atoms with Crippen molar-refractivity contribution in [3.8, 4) is 23.3 Å². The summed E-state index contributed by atoms with van der Waals surface area (Å²) < 4.78 is 38.8. The Morgan fingerprint density at radius 2 is 1.13 bits per heavy atom. The zero-order valence-electron chi connectivity index (χ0n) is 15.7. The third kappa shape index (κ3) is 4.92. The first-order valence-corrected chi connectivity index (χ1v) is 10.5. The lowest BCUT2D eigenvalue weighted by Gasteiger charge is -2.10. The Balaban J connectivity index is 1.42. The van der Waals surface area contributed by atoms with Gasteiger partial charge in [-0.3, -0.25) is 4.72 Å². The molecule has 0 bridgehead atoms. The minimum atomic E-state index is -3.80.